The van der Waals surface area contributed by atoms with Crippen molar-refractivity contribution in [2.24, 2.45) is 23.0 Å². The summed E-state index contributed by atoms with van der Waals surface area (Å²) in [6.07, 6.45) is 9.48. The van der Waals surface area contributed by atoms with E-state index in [0.717, 1.165) is 11.8 Å². The number of hydrogen-bond donors (Lipinski definition) is 1. The lowest BCUT2D eigenvalue weighted by Crippen LogP contribution is -2.36. The zero-order chi connectivity index (χ0) is 13.9. The summed E-state index contributed by atoms with van der Waals surface area (Å²) in [5.41, 5.74) is 6.61. The molecule has 19 heavy (non-hydrogen) atoms. The molecule has 3 unspecified atom stereocenters. The van der Waals surface area contributed by atoms with E-state index in [-0.39, 0.29) is 0 Å². The maximum absolute atomic E-state index is 6.12. The van der Waals surface area contributed by atoms with Gasteiger partial charge in [0.05, 0.1) is 0 Å². The number of likely N-dealkylation sites (tertiary alicyclic amines) is 1. The molecule has 0 aromatic carbocycles. The van der Waals surface area contributed by atoms with Crippen LogP contribution >= 0.6 is 0 Å². The molecule has 1 saturated carbocycles. The van der Waals surface area contributed by atoms with Crippen LogP contribution in [-0.4, -0.2) is 30.6 Å². The fraction of sp³-hybridized carbons (Fsp3) is 1.00. The predicted molar refractivity (Wildman–Crippen MR) is 83.2 cm³/mol. The molecule has 2 N–H and O–H groups in total. The fourth-order valence-electron chi connectivity index (χ4n) is 4.07. The highest BCUT2D eigenvalue weighted by Gasteiger charge is 2.28. The molecule has 1 saturated heterocycles. The molecule has 1 heterocycles. The van der Waals surface area contributed by atoms with Crippen LogP contribution in [0.15, 0.2) is 0 Å². The van der Waals surface area contributed by atoms with Gasteiger partial charge in [-0.15, -0.1) is 0 Å². The molecule has 1 aliphatic carbocycles. The van der Waals surface area contributed by atoms with Gasteiger partial charge in [-0.3, -0.25) is 0 Å². The van der Waals surface area contributed by atoms with Crippen molar-refractivity contribution in [3.05, 3.63) is 0 Å². The molecule has 0 aromatic rings. The van der Waals surface area contributed by atoms with Gasteiger partial charge in [0, 0.05) is 12.6 Å². The second-order valence-electron chi connectivity index (χ2n) is 8.09. The lowest BCUT2D eigenvalue weighted by atomic mass is 9.77. The summed E-state index contributed by atoms with van der Waals surface area (Å²) in [6.45, 7) is 11.2. The van der Waals surface area contributed by atoms with E-state index >= 15 is 0 Å². The Bertz CT molecular complexity index is 269. The topological polar surface area (TPSA) is 29.3 Å². The molecule has 112 valence electrons. The van der Waals surface area contributed by atoms with Crippen LogP contribution in [0, 0.1) is 17.3 Å². The normalized spacial score (nSPS) is 35.1. The summed E-state index contributed by atoms with van der Waals surface area (Å²) >= 11 is 0. The molecule has 1 aliphatic heterocycles. The Kier molecular flexibility index (Phi) is 5.30. The van der Waals surface area contributed by atoms with Crippen LogP contribution < -0.4 is 5.73 Å². The third kappa shape index (κ3) is 4.75. The highest BCUT2D eigenvalue weighted by Crippen LogP contribution is 2.34. The van der Waals surface area contributed by atoms with Crippen LogP contribution in [0.5, 0.6) is 0 Å². The number of nitrogens with two attached hydrogens (primary N) is 1. The van der Waals surface area contributed by atoms with Crippen molar-refractivity contribution in [1.82, 2.24) is 4.90 Å². The summed E-state index contributed by atoms with van der Waals surface area (Å²) in [6, 6.07) is 0.480. The fourth-order valence-corrected chi connectivity index (χ4v) is 4.07. The molecular weight excluding hydrogens is 232 g/mol. The maximum Gasteiger partial charge on any atom is 0.00419 e. The molecule has 0 bridgehead atoms. The molecule has 0 amide bonds. The number of nitrogens with zero attached hydrogens (tertiary/aromatic N) is 1. The van der Waals surface area contributed by atoms with Gasteiger partial charge in [0.25, 0.3) is 0 Å². The van der Waals surface area contributed by atoms with E-state index in [0.29, 0.717) is 11.5 Å². The van der Waals surface area contributed by atoms with E-state index in [2.05, 4.69) is 25.7 Å². The van der Waals surface area contributed by atoms with Crippen LogP contribution in [0.25, 0.3) is 0 Å². The average molecular weight is 266 g/mol. The number of hydrogen-bond acceptors (Lipinski definition) is 2. The van der Waals surface area contributed by atoms with Gasteiger partial charge < -0.3 is 10.6 Å². The van der Waals surface area contributed by atoms with Crippen LogP contribution in [0.1, 0.15) is 65.7 Å². The first kappa shape index (κ1) is 15.3. The molecule has 0 radical (unpaired) electrons. The smallest absolute Gasteiger partial charge is 0.00419 e. The Morgan fingerprint density at radius 1 is 1.00 bits per heavy atom. The minimum absolute atomic E-state index is 0.480. The van der Waals surface area contributed by atoms with Gasteiger partial charge in [-0.05, 0) is 68.9 Å². The van der Waals surface area contributed by atoms with E-state index in [4.69, 9.17) is 5.73 Å². The van der Waals surface area contributed by atoms with Crippen molar-refractivity contribution in [2.75, 3.05) is 19.6 Å². The van der Waals surface area contributed by atoms with Crippen molar-refractivity contribution >= 4 is 0 Å². The summed E-state index contributed by atoms with van der Waals surface area (Å²) in [5, 5.41) is 0. The van der Waals surface area contributed by atoms with Gasteiger partial charge in [0.1, 0.15) is 0 Å². The highest BCUT2D eigenvalue weighted by molar-refractivity contribution is 4.82. The molecular formula is C17H34N2. The van der Waals surface area contributed by atoms with E-state index in [9.17, 15) is 0 Å². The minimum atomic E-state index is 0.480. The van der Waals surface area contributed by atoms with E-state index in [1.54, 1.807) is 0 Å². The molecule has 2 aliphatic rings. The zero-order valence-corrected chi connectivity index (χ0v) is 13.3. The summed E-state index contributed by atoms with van der Waals surface area (Å²) in [7, 11) is 0. The lowest BCUT2D eigenvalue weighted by molar-refractivity contribution is 0.182. The van der Waals surface area contributed by atoms with Crippen molar-refractivity contribution in [1.29, 1.82) is 0 Å². The van der Waals surface area contributed by atoms with Crippen LogP contribution in [-0.2, 0) is 0 Å². The van der Waals surface area contributed by atoms with E-state index in [1.807, 2.05) is 0 Å². The maximum atomic E-state index is 6.12. The Labute approximate surface area is 120 Å². The Morgan fingerprint density at radius 3 is 2.47 bits per heavy atom. The Hall–Kier alpha value is -0.0800. The van der Waals surface area contributed by atoms with E-state index in [1.165, 1.54) is 64.6 Å². The second-order valence-corrected chi connectivity index (χ2v) is 8.09. The molecule has 0 spiro atoms. The van der Waals surface area contributed by atoms with Gasteiger partial charge in [0.2, 0.25) is 0 Å². The van der Waals surface area contributed by atoms with Gasteiger partial charge in [-0.25, -0.2) is 0 Å². The monoisotopic (exact) mass is 266 g/mol. The molecule has 2 heteroatoms. The third-order valence-electron chi connectivity index (χ3n) is 5.39. The largest absolute Gasteiger partial charge is 0.328 e. The van der Waals surface area contributed by atoms with Gasteiger partial charge in [-0.2, -0.15) is 0 Å². The Morgan fingerprint density at radius 2 is 1.79 bits per heavy atom. The average Bonchev–Trinajstić information content (AvgIpc) is 2.54. The molecule has 2 nitrogen and oxygen atoms in total. The van der Waals surface area contributed by atoms with E-state index < -0.39 is 0 Å². The van der Waals surface area contributed by atoms with Crippen molar-refractivity contribution < 1.29 is 0 Å². The van der Waals surface area contributed by atoms with Gasteiger partial charge in [0.15, 0.2) is 0 Å². The van der Waals surface area contributed by atoms with Crippen molar-refractivity contribution in [3.8, 4) is 0 Å². The zero-order valence-electron chi connectivity index (χ0n) is 13.3. The van der Waals surface area contributed by atoms with Crippen LogP contribution in [0.4, 0.5) is 0 Å². The minimum Gasteiger partial charge on any atom is -0.328 e. The second kappa shape index (κ2) is 6.58. The predicted octanol–water partition coefficient (Wildman–Crippen LogP) is 3.65. The summed E-state index contributed by atoms with van der Waals surface area (Å²) in [5.74, 6) is 1.78. The lowest BCUT2D eigenvalue weighted by Gasteiger charge is -2.32. The highest BCUT2D eigenvalue weighted by atomic mass is 15.1. The first-order valence-electron chi connectivity index (χ1n) is 8.43. The Balaban J connectivity index is 1.79. The van der Waals surface area contributed by atoms with Gasteiger partial charge in [-0.1, -0.05) is 27.2 Å². The first-order valence-corrected chi connectivity index (χ1v) is 8.43. The van der Waals surface area contributed by atoms with Crippen molar-refractivity contribution in [2.45, 2.75) is 71.8 Å². The van der Waals surface area contributed by atoms with Gasteiger partial charge >= 0.3 is 0 Å². The van der Waals surface area contributed by atoms with Crippen molar-refractivity contribution in [3.63, 3.8) is 0 Å². The summed E-state index contributed by atoms with van der Waals surface area (Å²) < 4.78 is 0. The number of rotatable bonds is 2. The van der Waals surface area contributed by atoms with Crippen LogP contribution in [0.3, 0.4) is 0 Å². The molecule has 3 atom stereocenters. The van der Waals surface area contributed by atoms with Crippen LogP contribution in [0.2, 0.25) is 0 Å². The first-order chi connectivity index (χ1) is 8.95. The SMILES string of the molecule is CC(C)(C)C1CCCN(CC2CCCC(N)C2)CC1. The molecule has 2 rings (SSSR count). The third-order valence-corrected chi connectivity index (χ3v) is 5.39. The molecule has 0 aromatic heterocycles. The quantitative estimate of drug-likeness (QED) is 0.826. The standard InChI is InChI=1S/C17H34N2/c1-17(2,3)15-7-5-10-19(11-9-15)13-14-6-4-8-16(18)12-14/h14-16H,4-13,18H2,1-3H3. The summed E-state index contributed by atoms with van der Waals surface area (Å²) in [4.78, 5) is 2.73. The molecule has 2 fully saturated rings.